The molecule has 5 nitrogen and oxygen atoms in total. The van der Waals surface area contributed by atoms with Crippen LogP contribution in [0, 0.1) is 0 Å². The van der Waals surface area contributed by atoms with Gasteiger partial charge in [0, 0.05) is 23.1 Å². The van der Waals surface area contributed by atoms with Gasteiger partial charge in [-0.3, -0.25) is 9.59 Å². The van der Waals surface area contributed by atoms with Gasteiger partial charge in [-0.15, -0.1) is 0 Å². The highest BCUT2D eigenvalue weighted by Gasteiger charge is 2.26. The zero-order chi connectivity index (χ0) is 14.1. The van der Waals surface area contributed by atoms with Crippen molar-refractivity contribution in [3.05, 3.63) is 33.8 Å². The first-order valence-corrected chi connectivity index (χ1v) is 7.12. The maximum absolute atomic E-state index is 12.4. The van der Waals surface area contributed by atoms with Crippen molar-refractivity contribution in [1.82, 2.24) is 10.2 Å². The predicted octanol–water partition coefficient (Wildman–Crippen LogP) is 1.18. The third-order valence-electron chi connectivity index (χ3n) is 3.29. The summed E-state index contributed by atoms with van der Waals surface area (Å²) in [6.45, 7) is 1.39. The van der Waals surface area contributed by atoms with Gasteiger partial charge in [0.2, 0.25) is 5.91 Å². The number of piperazine rings is 1. The van der Waals surface area contributed by atoms with E-state index in [1.807, 2.05) is 24.3 Å². The standard InChI is InChI=1S/C14H13BrN2O3/c15-11-1-2-12-9(6-11)5-10(8-20-12)14(19)17-4-3-16-13(18)7-17/h1-2,5-6H,3-4,7-8H2,(H,16,18). The van der Waals surface area contributed by atoms with Crippen molar-refractivity contribution in [1.29, 1.82) is 0 Å². The molecule has 1 aromatic rings. The Morgan fingerprint density at radius 3 is 3.05 bits per heavy atom. The molecule has 2 aliphatic rings. The number of nitrogens with one attached hydrogen (secondary N) is 1. The van der Waals surface area contributed by atoms with Crippen LogP contribution >= 0.6 is 15.9 Å². The van der Waals surface area contributed by atoms with Crippen molar-refractivity contribution in [2.75, 3.05) is 26.2 Å². The van der Waals surface area contributed by atoms with Crippen LogP contribution in [0.3, 0.4) is 0 Å². The van der Waals surface area contributed by atoms with Crippen LogP contribution in [0.4, 0.5) is 0 Å². The lowest BCUT2D eigenvalue weighted by Gasteiger charge is -2.28. The molecule has 0 aromatic heterocycles. The number of rotatable bonds is 1. The SMILES string of the molecule is O=C1CN(C(=O)C2=Cc3cc(Br)ccc3OC2)CCN1. The summed E-state index contributed by atoms with van der Waals surface area (Å²) < 4.78 is 6.53. The molecule has 0 radical (unpaired) electrons. The molecule has 0 atom stereocenters. The number of nitrogens with zero attached hydrogens (tertiary/aromatic N) is 1. The Morgan fingerprint density at radius 2 is 2.25 bits per heavy atom. The maximum Gasteiger partial charge on any atom is 0.253 e. The predicted molar refractivity (Wildman–Crippen MR) is 77.2 cm³/mol. The van der Waals surface area contributed by atoms with Gasteiger partial charge in [0.15, 0.2) is 0 Å². The maximum atomic E-state index is 12.4. The molecule has 0 unspecified atom stereocenters. The molecular weight excluding hydrogens is 324 g/mol. The second-order valence-electron chi connectivity index (χ2n) is 4.72. The average Bonchev–Trinajstić information content (AvgIpc) is 2.45. The van der Waals surface area contributed by atoms with E-state index in [4.69, 9.17) is 4.74 Å². The molecule has 2 amide bonds. The Kier molecular flexibility index (Phi) is 3.48. The fraction of sp³-hybridized carbons (Fsp3) is 0.286. The summed E-state index contributed by atoms with van der Waals surface area (Å²) in [5.74, 6) is 0.511. The number of hydrogen-bond donors (Lipinski definition) is 1. The van der Waals surface area contributed by atoms with Crippen LogP contribution in [0.15, 0.2) is 28.2 Å². The van der Waals surface area contributed by atoms with Crippen LogP contribution < -0.4 is 10.1 Å². The highest BCUT2D eigenvalue weighted by Crippen LogP contribution is 2.29. The molecule has 1 aromatic carbocycles. The molecule has 1 fully saturated rings. The van der Waals surface area contributed by atoms with Crippen molar-refractivity contribution in [3.8, 4) is 5.75 Å². The first-order valence-electron chi connectivity index (χ1n) is 6.32. The number of carbonyl (C=O) groups is 2. The minimum atomic E-state index is -0.134. The third kappa shape index (κ3) is 2.56. The summed E-state index contributed by atoms with van der Waals surface area (Å²) in [6, 6.07) is 5.67. The van der Waals surface area contributed by atoms with Gasteiger partial charge in [-0.2, -0.15) is 0 Å². The second kappa shape index (κ2) is 5.28. The van der Waals surface area contributed by atoms with Crippen molar-refractivity contribution >= 4 is 33.8 Å². The van der Waals surface area contributed by atoms with Gasteiger partial charge in [0.1, 0.15) is 12.4 Å². The minimum Gasteiger partial charge on any atom is -0.488 e. The summed E-state index contributed by atoms with van der Waals surface area (Å²) in [4.78, 5) is 25.3. The van der Waals surface area contributed by atoms with E-state index in [9.17, 15) is 9.59 Å². The van der Waals surface area contributed by atoms with Gasteiger partial charge < -0.3 is 15.0 Å². The van der Waals surface area contributed by atoms with Gasteiger partial charge in [-0.05, 0) is 24.3 Å². The van der Waals surface area contributed by atoms with E-state index in [2.05, 4.69) is 21.2 Å². The summed E-state index contributed by atoms with van der Waals surface area (Å²) in [6.07, 6.45) is 1.83. The summed E-state index contributed by atoms with van der Waals surface area (Å²) in [5, 5.41) is 2.70. The zero-order valence-corrected chi connectivity index (χ0v) is 12.3. The van der Waals surface area contributed by atoms with E-state index in [1.54, 1.807) is 4.90 Å². The van der Waals surface area contributed by atoms with E-state index in [0.29, 0.717) is 18.7 Å². The topological polar surface area (TPSA) is 58.6 Å². The monoisotopic (exact) mass is 336 g/mol. The minimum absolute atomic E-state index is 0.113. The zero-order valence-electron chi connectivity index (χ0n) is 10.7. The van der Waals surface area contributed by atoms with Gasteiger partial charge in [0.05, 0.1) is 12.1 Å². The molecule has 104 valence electrons. The van der Waals surface area contributed by atoms with Crippen LogP contribution in [0.5, 0.6) is 5.75 Å². The number of amides is 2. The van der Waals surface area contributed by atoms with E-state index >= 15 is 0 Å². The van der Waals surface area contributed by atoms with Crippen LogP contribution in [-0.4, -0.2) is 43.0 Å². The number of carbonyl (C=O) groups excluding carboxylic acids is 2. The summed E-state index contributed by atoms with van der Waals surface area (Å²) >= 11 is 3.40. The first-order chi connectivity index (χ1) is 9.63. The molecule has 1 saturated heterocycles. The Morgan fingerprint density at radius 1 is 1.40 bits per heavy atom. The average molecular weight is 337 g/mol. The van der Waals surface area contributed by atoms with E-state index in [0.717, 1.165) is 15.8 Å². The molecule has 1 N–H and O–H groups in total. The Hall–Kier alpha value is -1.82. The van der Waals surface area contributed by atoms with Crippen LogP contribution in [0.1, 0.15) is 5.56 Å². The largest absolute Gasteiger partial charge is 0.488 e. The molecule has 0 spiro atoms. The Labute approximate surface area is 124 Å². The van der Waals surface area contributed by atoms with Crippen molar-refractivity contribution < 1.29 is 14.3 Å². The number of ether oxygens (including phenoxy) is 1. The number of hydrogen-bond acceptors (Lipinski definition) is 3. The third-order valence-corrected chi connectivity index (χ3v) is 3.78. The van der Waals surface area contributed by atoms with E-state index < -0.39 is 0 Å². The molecule has 0 bridgehead atoms. The van der Waals surface area contributed by atoms with Gasteiger partial charge in [-0.25, -0.2) is 0 Å². The molecule has 6 heteroatoms. The summed E-state index contributed by atoms with van der Waals surface area (Å²) in [7, 11) is 0. The normalized spacial score (nSPS) is 17.8. The molecule has 2 aliphatic heterocycles. The van der Waals surface area contributed by atoms with Crippen LogP contribution in [0.2, 0.25) is 0 Å². The highest BCUT2D eigenvalue weighted by atomic mass is 79.9. The molecule has 0 aliphatic carbocycles. The van der Waals surface area contributed by atoms with Gasteiger partial charge >= 0.3 is 0 Å². The van der Waals surface area contributed by atoms with Crippen molar-refractivity contribution in [2.45, 2.75) is 0 Å². The smallest absolute Gasteiger partial charge is 0.253 e. The van der Waals surface area contributed by atoms with E-state index in [-0.39, 0.29) is 25.0 Å². The lowest BCUT2D eigenvalue weighted by atomic mass is 10.1. The lowest BCUT2D eigenvalue weighted by Crippen LogP contribution is -2.50. The Bertz CT molecular complexity index is 612. The molecular formula is C14H13BrN2O3. The second-order valence-corrected chi connectivity index (χ2v) is 5.63. The molecule has 2 heterocycles. The van der Waals surface area contributed by atoms with Gasteiger partial charge in [-0.1, -0.05) is 15.9 Å². The summed E-state index contributed by atoms with van der Waals surface area (Å²) in [5.41, 5.74) is 1.45. The fourth-order valence-corrected chi connectivity index (χ4v) is 2.67. The number of fused-ring (bicyclic) bond motifs is 1. The van der Waals surface area contributed by atoms with Crippen molar-refractivity contribution in [3.63, 3.8) is 0 Å². The van der Waals surface area contributed by atoms with Gasteiger partial charge in [0.25, 0.3) is 5.91 Å². The quantitative estimate of drug-likeness (QED) is 0.837. The highest BCUT2D eigenvalue weighted by molar-refractivity contribution is 9.10. The Balaban J connectivity index is 1.84. The van der Waals surface area contributed by atoms with E-state index in [1.165, 1.54) is 0 Å². The first kappa shape index (κ1) is 13.2. The number of halogens is 1. The lowest BCUT2D eigenvalue weighted by molar-refractivity contribution is -0.135. The van der Waals surface area contributed by atoms with Crippen LogP contribution in [-0.2, 0) is 9.59 Å². The van der Waals surface area contributed by atoms with Crippen LogP contribution in [0.25, 0.3) is 6.08 Å². The molecule has 3 rings (SSSR count). The fourth-order valence-electron chi connectivity index (χ4n) is 2.29. The number of benzene rings is 1. The molecule has 0 saturated carbocycles. The van der Waals surface area contributed by atoms with Crippen molar-refractivity contribution in [2.24, 2.45) is 0 Å². The molecule has 20 heavy (non-hydrogen) atoms.